The summed E-state index contributed by atoms with van der Waals surface area (Å²) < 4.78 is 22.0. The largest absolute Gasteiger partial charge is 0.463 e. The van der Waals surface area contributed by atoms with Crippen LogP contribution in [0.4, 0.5) is 10.1 Å². The number of hydrogen-bond donors (Lipinski definition) is 1. The van der Waals surface area contributed by atoms with Crippen LogP contribution in [0.25, 0.3) is 0 Å². The summed E-state index contributed by atoms with van der Waals surface area (Å²) in [4.78, 5) is 22.9. The number of nitrogens with zero attached hydrogens (tertiary/aromatic N) is 1. The van der Waals surface area contributed by atoms with E-state index in [9.17, 15) is 14.0 Å². The Hall–Kier alpha value is -2.70. The van der Waals surface area contributed by atoms with E-state index in [-0.39, 0.29) is 17.1 Å². The van der Waals surface area contributed by atoms with E-state index in [2.05, 4.69) is 19.7 Å². The minimum absolute atomic E-state index is 0.107. The fourth-order valence-corrected chi connectivity index (χ4v) is 1.34. The van der Waals surface area contributed by atoms with Gasteiger partial charge >= 0.3 is 5.97 Å². The number of benzene rings is 1. The van der Waals surface area contributed by atoms with E-state index in [4.69, 9.17) is 0 Å². The number of methoxy groups -OCH3 is 1. The normalized spacial score (nSPS) is 10.0. The maximum atomic E-state index is 12.9. The minimum Gasteiger partial charge on any atom is -0.463 e. The van der Waals surface area contributed by atoms with Crippen molar-refractivity contribution in [1.82, 2.24) is 5.16 Å². The number of esters is 1. The van der Waals surface area contributed by atoms with Crippen LogP contribution in [0.3, 0.4) is 0 Å². The van der Waals surface area contributed by atoms with Gasteiger partial charge in [-0.05, 0) is 18.2 Å². The van der Waals surface area contributed by atoms with Gasteiger partial charge in [0.2, 0.25) is 5.76 Å². The molecule has 2 rings (SSSR count). The summed E-state index contributed by atoms with van der Waals surface area (Å²) in [5.74, 6) is -2.03. The van der Waals surface area contributed by atoms with Gasteiger partial charge in [0.05, 0.1) is 7.11 Å². The number of rotatable bonds is 3. The third kappa shape index (κ3) is 2.95. The van der Waals surface area contributed by atoms with Crippen LogP contribution in [0.1, 0.15) is 21.0 Å². The van der Waals surface area contributed by atoms with Gasteiger partial charge in [0.1, 0.15) is 5.82 Å². The zero-order valence-electron chi connectivity index (χ0n) is 9.84. The highest BCUT2D eigenvalue weighted by atomic mass is 19.1. The van der Waals surface area contributed by atoms with Crippen LogP contribution < -0.4 is 5.32 Å². The highest BCUT2D eigenvalue weighted by molar-refractivity contribution is 6.03. The summed E-state index contributed by atoms with van der Waals surface area (Å²) in [6.07, 6.45) is 0. The molecule has 6 nitrogen and oxygen atoms in total. The first-order chi connectivity index (χ1) is 9.10. The number of halogens is 1. The Morgan fingerprint density at radius 2 is 2.16 bits per heavy atom. The summed E-state index contributed by atoms with van der Waals surface area (Å²) in [7, 11) is 1.18. The molecule has 7 heteroatoms. The number of carbonyl (C=O) groups excluding carboxylic acids is 2. The Kier molecular flexibility index (Phi) is 3.56. The third-order valence-electron chi connectivity index (χ3n) is 2.21. The highest BCUT2D eigenvalue weighted by Gasteiger charge is 2.17. The lowest BCUT2D eigenvalue weighted by molar-refractivity contribution is 0.0554. The molecular formula is C12H9FN2O4. The predicted molar refractivity (Wildman–Crippen MR) is 62.2 cm³/mol. The Morgan fingerprint density at radius 3 is 2.84 bits per heavy atom. The fourth-order valence-electron chi connectivity index (χ4n) is 1.34. The van der Waals surface area contributed by atoms with Gasteiger partial charge in [0, 0.05) is 11.8 Å². The Labute approximate surface area is 107 Å². The number of aromatic nitrogens is 1. The molecule has 0 radical (unpaired) electrons. The second kappa shape index (κ2) is 5.30. The highest BCUT2D eigenvalue weighted by Crippen LogP contribution is 2.12. The standard InChI is InChI=1S/C12H9FN2O4/c1-18-12(17)10-6-9(15-19-10)11(16)14-8-4-2-3-7(13)5-8/h2-6H,1H3,(H,14,16). The van der Waals surface area contributed by atoms with Crippen LogP contribution in [0, 0.1) is 5.82 Å². The van der Waals surface area contributed by atoms with Crippen molar-refractivity contribution >= 4 is 17.6 Å². The Bertz CT molecular complexity index is 624. The van der Waals surface area contributed by atoms with Gasteiger partial charge in [0.15, 0.2) is 5.69 Å². The summed E-state index contributed by atoms with van der Waals surface area (Å²) in [5, 5.41) is 5.84. The van der Waals surface area contributed by atoms with Gasteiger partial charge in [0.25, 0.3) is 5.91 Å². The molecule has 0 atom stereocenters. The molecule has 0 aliphatic heterocycles. The van der Waals surface area contributed by atoms with E-state index in [0.717, 1.165) is 12.1 Å². The molecule has 0 aliphatic rings. The smallest absolute Gasteiger partial charge is 0.376 e. The Morgan fingerprint density at radius 1 is 1.37 bits per heavy atom. The van der Waals surface area contributed by atoms with E-state index in [1.807, 2.05) is 0 Å². The molecule has 1 heterocycles. The first-order valence-electron chi connectivity index (χ1n) is 5.22. The molecule has 1 N–H and O–H groups in total. The van der Waals surface area contributed by atoms with E-state index in [0.29, 0.717) is 0 Å². The van der Waals surface area contributed by atoms with Crippen LogP contribution in [0.2, 0.25) is 0 Å². The molecular weight excluding hydrogens is 255 g/mol. The van der Waals surface area contributed by atoms with Crippen LogP contribution in [-0.2, 0) is 4.74 Å². The topological polar surface area (TPSA) is 81.4 Å². The van der Waals surface area contributed by atoms with Crippen LogP contribution >= 0.6 is 0 Å². The summed E-state index contributed by atoms with van der Waals surface area (Å²) >= 11 is 0. The molecule has 1 aromatic heterocycles. The molecule has 1 aromatic carbocycles. The molecule has 98 valence electrons. The lowest BCUT2D eigenvalue weighted by atomic mass is 10.3. The van der Waals surface area contributed by atoms with Gasteiger partial charge < -0.3 is 14.6 Å². The number of carbonyl (C=O) groups is 2. The molecule has 0 spiro atoms. The second-order valence-corrected chi connectivity index (χ2v) is 3.53. The van der Waals surface area contributed by atoms with E-state index in [1.54, 1.807) is 0 Å². The van der Waals surface area contributed by atoms with Gasteiger partial charge in [-0.3, -0.25) is 4.79 Å². The molecule has 19 heavy (non-hydrogen) atoms. The summed E-state index contributed by atoms with van der Waals surface area (Å²) in [6.45, 7) is 0. The number of hydrogen-bond acceptors (Lipinski definition) is 5. The lowest BCUT2D eigenvalue weighted by Crippen LogP contribution is -2.12. The second-order valence-electron chi connectivity index (χ2n) is 3.53. The van der Waals surface area contributed by atoms with Crippen molar-refractivity contribution in [3.05, 3.63) is 47.6 Å². The third-order valence-corrected chi connectivity index (χ3v) is 2.21. The predicted octanol–water partition coefficient (Wildman–Crippen LogP) is 1.85. The molecule has 0 bridgehead atoms. The van der Waals surface area contributed by atoms with Crippen LogP contribution in [-0.4, -0.2) is 24.1 Å². The molecule has 0 aliphatic carbocycles. The summed E-state index contributed by atoms with van der Waals surface area (Å²) in [6, 6.07) is 6.51. The van der Waals surface area contributed by atoms with E-state index >= 15 is 0 Å². The van der Waals surface area contributed by atoms with E-state index < -0.39 is 17.7 Å². The van der Waals surface area contributed by atoms with Crippen molar-refractivity contribution in [1.29, 1.82) is 0 Å². The van der Waals surface area contributed by atoms with Gasteiger partial charge in [-0.25, -0.2) is 9.18 Å². The zero-order chi connectivity index (χ0) is 13.8. The lowest BCUT2D eigenvalue weighted by Gasteiger charge is -2.01. The van der Waals surface area contributed by atoms with Crippen molar-refractivity contribution in [3.8, 4) is 0 Å². The van der Waals surface area contributed by atoms with Crippen molar-refractivity contribution in [2.75, 3.05) is 12.4 Å². The Balaban J connectivity index is 2.12. The van der Waals surface area contributed by atoms with Crippen molar-refractivity contribution in [2.24, 2.45) is 0 Å². The molecule has 1 amide bonds. The SMILES string of the molecule is COC(=O)c1cc(C(=O)Nc2cccc(F)c2)no1. The molecule has 0 saturated heterocycles. The first-order valence-corrected chi connectivity index (χ1v) is 5.22. The monoisotopic (exact) mass is 264 g/mol. The zero-order valence-corrected chi connectivity index (χ0v) is 9.84. The molecule has 0 unspecified atom stereocenters. The van der Waals surface area contributed by atoms with Gasteiger partial charge in [-0.1, -0.05) is 11.2 Å². The maximum Gasteiger partial charge on any atom is 0.376 e. The number of ether oxygens (including phenoxy) is 1. The van der Waals surface area contributed by atoms with Crippen LogP contribution in [0.5, 0.6) is 0 Å². The number of amides is 1. The van der Waals surface area contributed by atoms with Crippen molar-refractivity contribution < 1.29 is 23.2 Å². The minimum atomic E-state index is -0.739. The van der Waals surface area contributed by atoms with E-state index in [1.165, 1.54) is 25.3 Å². The molecule has 0 fully saturated rings. The average molecular weight is 264 g/mol. The van der Waals surface area contributed by atoms with Crippen molar-refractivity contribution in [2.45, 2.75) is 0 Å². The molecule has 2 aromatic rings. The summed E-state index contributed by atoms with van der Waals surface area (Å²) in [5.41, 5.74) is 0.164. The van der Waals surface area contributed by atoms with Gasteiger partial charge in [-0.15, -0.1) is 0 Å². The molecule has 0 saturated carbocycles. The average Bonchev–Trinajstić information content (AvgIpc) is 2.87. The van der Waals surface area contributed by atoms with Crippen molar-refractivity contribution in [3.63, 3.8) is 0 Å². The fraction of sp³-hybridized carbons (Fsp3) is 0.0833. The number of anilines is 1. The first kappa shape index (κ1) is 12.7. The van der Waals surface area contributed by atoms with Gasteiger partial charge in [-0.2, -0.15) is 0 Å². The number of nitrogens with one attached hydrogen (secondary N) is 1. The maximum absolute atomic E-state index is 12.9. The van der Waals surface area contributed by atoms with Crippen LogP contribution in [0.15, 0.2) is 34.9 Å². The quantitative estimate of drug-likeness (QED) is 0.855.